The highest BCUT2D eigenvalue weighted by Crippen LogP contribution is 2.35. The van der Waals surface area contributed by atoms with Gasteiger partial charge in [0.05, 0.1) is 18.1 Å². The van der Waals surface area contributed by atoms with Gasteiger partial charge in [-0.3, -0.25) is 4.57 Å². The molecule has 0 unspecified atom stereocenters. The Morgan fingerprint density at radius 1 is 1.14 bits per heavy atom. The first kappa shape index (κ1) is 13.2. The molecular formula is C16H17N5O. The van der Waals surface area contributed by atoms with Gasteiger partial charge in [0, 0.05) is 5.69 Å². The lowest BCUT2D eigenvalue weighted by Crippen LogP contribution is -2.34. The number of aromatic nitrogens is 4. The molecule has 2 aromatic heterocycles. The first-order chi connectivity index (χ1) is 10.8. The van der Waals surface area contributed by atoms with Gasteiger partial charge in [0.1, 0.15) is 5.69 Å². The zero-order valence-electron chi connectivity index (χ0n) is 12.1. The van der Waals surface area contributed by atoms with Gasteiger partial charge in [-0.25, -0.2) is 4.98 Å². The molecule has 0 spiro atoms. The number of nitrogens with zero attached hydrogens (tertiary/aromatic N) is 4. The molecule has 2 N–H and O–H groups in total. The van der Waals surface area contributed by atoms with Crippen LogP contribution in [0.3, 0.4) is 0 Å². The molecule has 1 aromatic carbocycles. The molecule has 3 aromatic rings. The zero-order valence-corrected chi connectivity index (χ0v) is 12.1. The van der Waals surface area contributed by atoms with Crippen LogP contribution in [0.1, 0.15) is 31.5 Å². The molecule has 1 aliphatic rings. The zero-order chi connectivity index (χ0) is 15.0. The maximum atomic E-state index is 6.39. The maximum Gasteiger partial charge on any atom is 0.276 e. The Balaban J connectivity index is 1.72. The third-order valence-corrected chi connectivity index (χ3v) is 4.26. The lowest BCUT2D eigenvalue weighted by Gasteiger charge is -2.17. The van der Waals surface area contributed by atoms with E-state index in [0.717, 1.165) is 37.1 Å². The van der Waals surface area contributed by atoms with E-state index in [1.54, 1.807) is 12.5 Å². The fourth-order valence-corrected chi connectivity index (χ4v) is 3.01. The summed E-state index contributed by atoms with van der Waals surface area (Å²) >= 11 is 0. The van der Waals surface area contributed by atoms with Crippen molar-refractivity contribution >= 4 is 0 Å². The standard InChI is InChI=1S/C16H17N5O/c17-16(8-4-5-9-16)15-19-14(22-20-15)13-10-18-11-21(13)12-6-2-1-3-7-12/h1-3,6-7,10-11H,4-5,8-9,17H2. The largest absolute Gasteiger partial charge is 0.332 e. The van der Waals surface area contributed by atoms with Gasteiger partial charge >= 0.3 is 0 Å². The summed E-state index contributed by atoms with van der Waals surface area (Å²) in [5.74, 6) is 1.05. The average Bonchev–Trinajstić information content (AvgIpc) is 3.28. The molecule has 0 saturated heterocycles. The van der Waals surface area contributed by atoms with Gasteiger partial charge in [0.15, 0.2) is 5.82 Å². The molecule has 1 saturated carbocycles. The lowest BCUT2D eigenvalue weighted by molar-refractivity contribution is 0.372. The second kappa shape index (κ2) is 5.06. The Labute approximate surface area is 128 Å². The van der Waals surface area contributed by atoms with Crippen molar-refractivity contribution in [3.05, 3.63) is 48.7 Å². The summed E-state index contributed by atoms with van der Waals surface area (Å²) in [5, 5.41) is 4.11. The minimum absolute atomic E-state index is 0.445. The molecular weight excluding hydrogens is 278 g/mol. The van der Waals surface area contributed by atoms with Crippen LogP contribution in [0.5, 0.6) is 0 Å². The summed E-state index contributed by atoms with van der Waals surface area (Å²) in [6.07, 6.45) is 7.50. The lowest BCUT2D eigenvalue weighted by atomic mass is 9.99. The number of imidazole rings is 1. The second-order valence-electron chi connectivity index (χ2n) is 5.77. The minimum atomic E-state index is -0.445. The van der Waals surface area contributed by atoms with E-state index in [9.17, 15) is 0 Å². The van der Waals surface area contributed by atoms with E-state index in [1.807, 2.05) is 34.9 Å². The summed E-state index contributed by atoms with van der Waals surface area (Å²) in [5.41, 5.74) is 7.71. The minimum Gasteiger partial charge on any atom is -0.332 e. The van der Waals surface area contributed by atoms with Crippen molar-refractivity contribution in [2.75, 3.05) is 0 Å². The molecule has 0 radical (unpaired) electrons. The number of hydrogen-bond acceptors (Lipinski definition) is 5. The predicted octanol–water partition coefficient (Wildman–Crippen LogP) is 2.65. The van der Waals surface area contributed by atoms with E-state index in [4.69, 9.17) is 10.3 Å². The van der Waals surface area contributed by atoms with Crippen LogP contribution in [0, 0.1) is 0 Å². The molecule has 0 aliphatic heterocycles. The van der Waals surface area contributed by atoms with Crippen molar-refractivity contribution < 1.29 is 4.52 Å². The monoisotopic (exact) mass is 295 g/mol. The van der Waals surface area contributed by atoms with E-state index < -0.39 is 5.54 Å². The van der Waals surface area contributed by atoms with Gasteiger partial charge in [-0.05, 0) is 25.0 Å². The number of benzene rings is 1. The highest BCUT2D eigenvalue weighted by atomic mass is 16.5. The van der Waals surface area contributed by atoms with Crippen molar-refractivity contribution in [2.24, 2.45) is 5.73 Å². The Morgan fingerprint density at radius 2 is 1.91 bits per heavy atom. The fourth-order valence-electron chi connectivity index (χ4n) is 3.01. The second-order valence-corrected chi connectivity index (χ2v) is 5.77. The van der Waals surface area contributed by atoms with Crippen molar-refractivity contribution in [3.8, 4) is 17.3 Å². The summed E-state index contributed by atoms with van der Waals surface area (Å²) in [6, 6.07) is 9.94. The molecule has 6 heteroatoms. The van der Waals surface area contributed by atoms with Crippen LogP contribution in [0.4, 0.5) is 0 Å². The summed E-state index contributed by atoms with van der Waals surface area (Å²) in [6.45, 7) is 0. The van der Waals surface area contributed by atoms with Gasteiger partial charge < -0.3 is 10.3 Å². The molecule has 6 nitrogen and oxygen atoms in total. The number of rotatable bonds is 3. The molecule has 4 rings (SSSR count). The third kappa shape index (κ3) is 2.12. The molecule has 1 fully saturated rings. The number of para-hydroxylation sites is 1. The Bertz CT molecular complexity index is 771. The number of nitrogens with two attached hydrogens (primary N) is 1. The fraction of sp³-hybridized carbons (Fsp3) is 0.312. The van der Waals surface area contributed by atoms with Crippen LogP contribution in [0.15, 0.2) is 47.4 Å². The summed E-state index contributed by atoms with van der Waals surface area (Å²) in [4.78, 5) is 8.73. The quantitative estimate of drug-likeness (QED) is 0.803. The van der Waals surface area contributed by atoms with Gasteiger partial charge in [-0.15, -0.1) is 0 Å². The van der Waals surface area contributed by atoms with Crippen LogP contribution in [0.2, 0.25) is 0 Å². The van der Waals surface area contributed by atoms with E-state index in [0.29, 0.717) is 11.7 Å². The molecule has 22 heavy (non-hydrogen) atoms. The van der Waals surface area contributed by atoms with Gasteiger partial charge in [0.2, 0.25) is 0 Å². The summed E-state index contributed by atoms with van der Waals surface area (Å²) in [7, 11) is 0. The van der Waals surface area contributed by atoms with Crippen LogP contribution >= 0.6 is 0 Å². The first-order valence-electron chi connectivity index (χ1n) is 7.47. The summed E-state index contributed by atoms with van der Waals surface area (Å²) < 4.78 is 7.37. The van der Waals surface area contributed by atoms with Crippen LogP contribution in [0.25, 0.3) is 17.3 Å². The van der Waals surface area contributed by atoms with Crippen molar-refractivity contribution in [3.63, 3.8) is 0 Å². The first-order valence-corrected chi connectivity index (χ1v) is 7.47. The highest BCUT2D eigenvalue weighted by Gasteiger charge is 2.36. The average molecular weight is 295 g/mol. The Hall–Kier alpha value is -2.47. The van der Waals surface area contributed by atoms with Crippen LogP contribution in [-0.4, -0.2) is 19.7 Å². The van der Waals surface area contributed by atoms with Crippen molar-refractivity contribution in [1.82, 2.24) is 19.7 Å². The predicted molar refractivity (Wildman–Crippen MR) is 81.2 cm³/mol. The smallest absolute Gasteiger partial charge is 0.276 e. The Kier molecular flexibility index (Phi) is 3.04. The van der Waals surface area contributed by atoms with Crippen LogP contribution in [-0.2, 0) is 5.54 Å². The Morgan fingerprint density at radius 3 is 2.68 bits per heavy atom. The third-order valence-electron chi connectivity index (χ3n) is 4.26. The van der Waals surface area contributed by atoms with E-state index in [2.05, 4.69) is 15.1 Å². The van der Waals surface area contributed by atoms with Gasteiger partial charge in [0.25, 0.3) is 5.89 Å². The van der Waals surface area contributed by atoms with E-state index in [-0.39, 0.29) is 0 Å². The van der Waals surface area contributed by atoms with Crippen molar-refractivity contribution in [2.45, 2.75) is 31.2 Å². The molecule has 0 atom stereocenters. The van der Waals surface area contributed by atoms with Crippen LogP contribution < -0.4 is 5.73 Å². The number of hydrogen-bond donors (Lipinski definition) is 1. The highest BCUT2D eigenvalue weighted by molar-refractivity contribution is 5.51. The SMILES string of the molecule is NC1(c2noc(-c3cncn3-c3ccccc3)n2)CCCC1. The van der Waals surface area contributed by atoms with Gasteiger partial charge in [-0.2, -0.15) is 4.98 Å². The van der Waals surface area contributed by atoms with Gasteiger partial charge in [-0.1, -0.05) is 36.2 Å². The topological polar surface area (TPSA) is 82.8 Å². The molecule has 0 amide bonds. The van der Waals surface area contributed by atoms with E-state index in [1.165, 1.54) is 0 Å². The van der Waals surface area contributed by atoms with Crippen molar-refractivity contribution in [1.29, 1.82) is 0 Å². The molecule has 0 bridgehead atoms. The molecule has 112 valence electrons. The normalized spacial score (nSPS) is 17.0. The molecule has 2 heterocycles. The van der Waals surface area contributed by atoms with E-state index >= 15 is 0 Å². The molecule has 1 aliphatic carbocycles. The maximum absolute atomic E-state index is 6.39.